The van der Waals surface area contributed by atoms with Gasteiger partial charge in [-0.25, -0.2) is 0 Å². The van der Waals surface area contributed by atoms with Crippen molar-refractivity contribution >= 4 is 0 Å². The second kappa shape index (κ2) is 9.48. The van der Waals surface area contributed by atoms with Gasteiger partial charge in [0.25, 0.3) is 0 Å². The van der Waals surface area contributed by atoms with E-state index in [1.807, 2.05) is 13.1 Å². The summed E-state index contributed by atoms with van der Waals surface area (Å²) in [6, 6.07) is 17.6. The van der Waals surface area contributed by atoms with Crippen molar-refractivity contribution < 1.29 is 4.74 Å². The molecule has 2 aromatic rings. The molecule has 0 heterocycles. The molecule has 0 amide bonds. The normalized spacial score (nSPS) is 13.5. The maximum atomic E-state index is 5.54. The topological polar surface area (TPSA) is 21.3 Å². The van der Waals surface area contributed by atoms with E-state index in [0.29, 0.717) is 11.8 Å². The number of nitrogens with one attached hydrogen (secondary N) is 1. The van der Waals surface area contributed by atoms with E-state index < -0.39 is 0 Å². The van der Waals surface area contributed by atoms with E-state index in [4.69, 9.17) is 4.74 Å². The Balaban J connectivity index is 2.21. The van der Waals surface area contributed by atoms with Gasteiger partial charge in [-0.3, -0.25) is 0 Å². The van der Waals surface area contributed by atoms with Gasteiger partial charge in [-0.1, -0.05) is 56.3 Å². The fraction of sp³-hybridized carbons (Fsp3) is 0.455. The Morgan fingerprint density at radius 2 is 1.67 bits per heavy atom. The Morgan fingerprint density at radius 1 is 1.00 bits per heavy atom. The lowest BCUT2D eigenvalue weighted by Crippen LogP contribution is -2.14. The molecule has 0 aliphatic carbocycles. The minimum Gasteiger partial charge on any atom is -0.496 e. The minimum atomic E-state index is 0.500. The summed E-state index contributed by atoms with van der Waals surface area (Å²) in [5.41, 5.74) is 4.14. The van der Waals surface area contributed by atoms with E-state index in [9.17, 15) is 0 Å². The fourth-order valence-corrected chi connectivity index (χ4v) is 3.17. The molecule has 2 atom stereocenters. The molecule has 24 heavy (non-hydrogen) atoms. The predicted molar refractivity (Wildman–Crippen MR) is 103 cm³/mol. The van der Waals surface area contributed by atoms with Crippen LogP contribution < -0.4 is 10.1 Å². The number of methoxy groups -OCH3 is 1. The molecule has 1 N–H and O–H groups in total. The third kappa shape index (κ3) is 4.85. The highest BCUT2D eigenvalue weighted by Gasteiger charge is 2.15. The van der Waals surface area contributed by atoms with Gasteiger partial charge in [0.05, 0.1) is 7.11 Å². The van der Waals surface area contributed by atoms with E-state index in [-0.39, 0.29) is 0 Å². The van der Waals surface area contributed by atoms with Gasteiger partial charge in [0, 0.05) is 0 Å². The molecule has 0 spiro atoms. The summed E-state index contributed by atoms with van der Waals surface area (Å²) in [7, 11) is 3.77. The van der Waals surface area contributed by atoms with Crippen molar-refractivity contribution in [1.82, 2.24) is 5.32 Å². The first kappa shape index (κ1) is 18.5. The highest BCUT2D eigenvalue weighted by atomic mass is 16.5. The zero-order valence-electron chi connectivity index (χ0n) is 15.5. The Labute approximate surface area is 147 Å². The lowest BCUT2D eigenvalue weighted by molar-refractivity contribution is 0.407. The third-order valence-corrected chi connectivity index (χ3v) is 4.99. The van der Waals surface area contributed by atoms with Crippen LogP contribution in [0.2, 0.25) is 0 Å². The molecule has 2 nitrogen and oxygen atoms in total. The average Bonchev–Trinajstić information content (AvgIpc) is 2.65. The second-order valence-corrected chi connectivity index (χ2v) is 6.58. The average molecular weight is 325 g/mol. The molecule has 0 bridgehead atoms. The Hall–Kier alpha value is -1.80. The minimum absolute atomic E-state index is 0.500. The van der Waals surface area contributed by atoms with Gasteiger partial charge in [-0.2, -0.15) is 0 Å². The van der Waals surface area contributed by atoms with Crippen molar-refractivity contribution in [3.63, 3.8) is 0 Å². The molecular weight excluding hydrogens is 294 g/mol. The highest BCUT2D eigenvalue weighted by Crippen LogP contribution is 2.30. The molecule has 0 aromatic heterocycles. The van der Waals surface area contributed by atoms with Gasteiger partial charge in [0.1, 0.15) is 5.75 Å². The standard InChI is InChI=1S/C22H31NO/c1-5-17(2)18-10-12-19(13-11-18)20(14-15-23-3)16-21-8-6-7-9-22(21)24-4/h6-13,17,20,23H,5,14-16H2,1-4H3. The largest absolute Gasteiger partial charge is 0.496 e. The molecule has 0 fully saturated rings. The number of ether oxygens (including phenoxy) is 1. The first-order valence-electron chi connectivity index (χ1n) is 9.05. The lowest BCUT2D eigenvalue weighted by atomic mass is 9.87. The maximum absolute atomic E-state index is 5.54. The van der Waals surface area contributed by atoms with E-state index in [1.54, 1.807) is 7.11 Å². The molecule has 2 unspecified atom stereocenters. The molecule has 0 aliphatic rings. The van der Waals surface area contributed by atoms with Crippen molar-refractivity contribution in [2.45, 2.75) is 44.9 Å². The van der Waals surface area contributed by atoms with Gasteiger partial charge >= 0.3 is 0 Å². The summed E-state index contributed by atoms with van der Waals surface area (Å²) in [5.74, 6) is 2.12. The van der Waals surface area contributed by atoms with Crippen LogP contribution in [0.4, 0.5) is 0 Å². The quantitative estimate of drug-likeness (QED) is 0.689. The molecule has 0 radical (unpaired) electrons. The van der Waals surface area contributed by atoms with Crippen molar-refractivity contribution in [2.24, 2.45) is 0 Å². The number of benzene rings is 2. The van der Waals surface area contributed by atoms with E-state index in [0.717, 1.165) is 25.1 Å². The SMILES string of the molecule is CCC(C)c1ccc(C(CCNC)Cc2ccccc2OC)cc1. The van der Waals surface area contributed by atoms with Crippen LogP contribution in [0.15, 0.2) is 48.5 Å². The number of hydrogen-bond donors (Lipinski definition) is 1. The van der Waals surface area contributed by atoms with E-state index in [2.05, 4.69) is 61.6 Å². The molecule has 0 saturated heterocycles. The van der Waals surface area contributed by atoms with E-state index >= 15 is 0 Å². The second-order valence-electron chi connectivity index (χ2n) is 6.58. The Morgan fingerprint density at radius 3 is 2.29 bits per heavy atom. The van der Waals surface area contributed by atoms with Crippen LogP contribution in [-0.4, -0.2) is 20.7 Å². The zero-order valence-corrected chi connectivity index (χ0v) is 15.5. The Kier molecular flexibility index (Phi) is 7.33. The summed E-state index contributed by atoms with van der Waals surface area (Å²) in [5, 5.41) is 3.29. The van der Waals surface area contributed by atoms with Gasteiger partial charge < -0.3 is 10.1 Å². The summed E-state index contributed by atoms with van der Waals surface area (Å²) in [6.45, 7) is 5.56. The lowest BCUT2D eigenvalue weighted by Gasteiger charge is -2.20. The van der Waals surface area contributed by atoms with Crippen LogP contribution >= 0.6 is 0 Å². The van der Waals surface area contributed by atoms with Crippen LogP contribution in [0, 0.1) is 0 Å². The van der Waals surface area contributed by atoms with E-state index in [1.165, 1.54) is 23.1 Å². The molecule has 130 valence electrons. The number of para-hydroxylation sites is 1. The molecule has 2 rings (SSSR count). The van der Waals surface area contributed by atoms with Crippen molar-refractivity contribution in [1.29, 1.82) is 0 Å². The Bertz CT molecular complexity index is 606. The van der Waals surface area contributed by atoms with Crippen molar-refractivity contribution in [3.8, 4) is 5.75 Å². The van der Waals surface area contributed by atoms with Gasteiger partial charge in [-0.15, -0.1) is 0 Å². The number of rotatable bonds is 9. The van der Waals surface area contributed by atoms with Crippen LogP contribution in [0.1, 0.15) is 55.2 Å². The first-order valence-corrected chi connectivity index (χ1v) is 9.05. The summed E-state index contributed by atoms with van der Waals surface area (Å²) >= 11 is 0. The molecule has 0 saturated carbocycles. The summed E-state index contributed by atoms with van der Waals surface area (Å²) in [4.78, 5) is 0. The molecular formula is C22H31NO. The predicted octanol–water partition coefficient (Wildman–Crippen LogP) is 5.14. The van der Waals surface area contributed by atoms with Crippen LogP contribution in [-0.2, 0) is 6.42 Å². The third-order valence-electron chi connectivity index (χ3n) is 4.99. The van der Waals surface area contributed by atoms with Crippen LogP contribution in [0.5, 0.6) is 5.75 Å². The van der Waals surface area contributed by atoms with Crippen LogP contribution in [0.3, 0.4) is 0 Å². The van der Waals surface area contributed by atoms with Gasteiger partial charge in [0.2, 0.25) is 0 Å². The molecule has 2 heteroatoms. The van der Waals surface area contributed by atoms with Crippen molar-refractivity contribution in [3.05, 3.63) is 65.2 Å². The van der Waals surface area contributed by atoms with Gasteiger partial charge in [0.15, 0.2) is 0 Å². The summed E-state index contributed by atoms with van der Waals surface area (Å²) in [6.07, 6.45) is 3.31. The maximum Gasteiger partial charge on any atom is 0.122 e. The number of hydrogen-bond acceptors (Lipinski definition) is 2. The zero-order chi connectivity index (χ0) is 17.4. The monoisotopic (exact) mass is 325 g/mol. The fourth-order valence-electron chi connectivity index (χ4n) is 3.17. The highest BCUT2D eigenvalue weighted by molar-refractivity contribution is 5.36. The summed E-state index contributed by atoms with van der Waals surface area (Å²) < 4.78 is 5.54. The first-order chi connectivity index (χ1) is 11.7. The van der Waals surface area contributed by atoms with Gasteiger partial charge in [-0.05, 0) is 67.4 Å². The van der Waals surface area contributed by atoms with Crippen LogP contribution in [0.25, 0.3) is 0 Å². The molecule has 2 aromatic carbocycles. The smallest absolute Gasteiger partial charge is 0.122 e. The molecule has 0 aliphatic heterocycles. The van der Waals surface area contributed by atoms with Crippen molar-refractivity contribution in [2.75, 3.05) is 20.7 Å².